The van der Waals surface area contributed by atoms with Crippen LogP contribution in [-0.4, -0.2) is 11.3 Å². The van der Waals surface area contributed by atoms with E-state index in [4.69, 9.17) is 0 Å². The van der Waals surface area contributed by atoms with Crippen LogP contribution in [0.2, 0.25) is 0 Å². The summed E-state index contributed by atoms with van der Waals surface area (Å²) < 4.78 is 0. The van der Waals surface area contributed by atoms with Gasteiger partial charge in [-0.25, -0.2) is 0 Å². The molecule has 64 valence electrons. The van der Waals surface area contributed by atoms with Crippen LogP contribution >= 0.6 is 11.3 Å². The van der Waals surface area contributed by atoms with E-state index in [2.05, 4.69) is 4.98 Å². The Morgan fingerprint density at radius 1 is 1.67 bits per heavy atom. The third-order valence-electron chi connectivity index (χ3n) is 1.56. The van der Waals surface area contributed by atoms with Crippen molar-refractivity contribution in [3.8, 4) is 0 Å². The summed E-state index contributed by atoms with van der Waals surface area (Å²) >= 11 is 1.54. The van der Waals surface area contributed by atoms with E-state index in [9.17, 15) is 4.79 Å². The number of nitrogens with zero attached hydrogens (tertiary/aromatic N) is 1. The van der Waals surface area contributed by atoms with Crippen LogP contribution in [-0.2, 0) is 4.79 Å². The van der Waals surface area contributed by atoms with Crippen LogP contribution in [0.5, 0.6) is 0 Å². The van der Waals surface area contributed by atoms with Crippen molar-refractivity contribution in [3.05, 3.63) is 22.2 Å². The van der Waals surface area contributed by atoms with Gasteiger partial charge < -0.3 is 0 Å². The largest absolute Gasteiger partial charge is 0.298 e. The van der Waals surface area contributed by atoms with Crippen LogP contribution in [0.25, 0.3) is 6.08 Å². The van der Waals surface area contributed by atoms with Crippen LogP contribution < -0.4 is 0 Å². The first-order chi connectivity index (χ1) is 5.74. The van der Waals surface area contributed by atoms with Gasteiger partial charge in [0.05, 0.1) is 5.51 Å². The predicted octanol–water partition coefficient (Wildman–Crippen LogP) is 2.38. The zero-order valence-electron chi connectivity index (χ0n) is 7.15. The normalized spacial score (nSPS) is 12.1. The van der Waals surface area contributed by atoms with Crippen LogP contribution in [0, 0.1) is 5.92 Å². The van der Waals surface area contributed by atoms with E-state index in [1.807, 2.05) is 19.9 Å². The number of hydrogen-bond donors (Lipinski definition) is 0. The molecule has 0 fully saturated rings. The molecule has 0 amide bonds. The van der Waals surface area contributed by atoms with E-state index < -0.39 is 0 Å². The Labute approximate surface area is 76.0 Å². The van der Waals surface area contributed by atoms with Crippen molar-refractivity contribution in [2.75, 3.05) is 0 Å². The van der Waals surface area contributed by atoms with Gasteiger partial charge in [-0.1, -0.05) is 13.8 Å². The Balaban J connectivity index is 2.85. The van der Waals surface area contributed by atoms with Crippen LogP contribution in [0.4, 0.5) is 0 Å². The van der Waals surface area contributed by atoms with Crippen molar-refractivity contribution in [1.82, 2.24) is 4.98 Å². The lowest BCUT2D eigenvalue weighted by Crippen LogP contribution is -1.93. The number of hydrogen-bond acceptors (Lipinski definition) is 3. The lowest BCUT2D eigenvalue weighted by atomic mass is 10.0. The molecule has 0 saturated carbocycles. The molecule has 1 aromatic heterocycles. The molecular weight excluding hydrogens is 170 g/mol. The van der Waals surface area contributed by atoms with E-state index in [1.54, 1.807) is 11.7 Å². The third-order valence-corrected chi connectivity index (χ3v) is 2.29. The van der Waals surface area contributed by atoms with Crippen molar-refractivity contribution >= 4 is 23.7 Å². The minimum absolute atomic E-state index is 0.282. The first kappa shape index (κ1) is 9.13. The fraction of sp³-hybridized carbons (Fsp3) is 0.333. The van der Waals surface area contributed by atoms with Crippen LogP contribution in [0.15, 0.2) is 17.3 Å². The zero-order valence-corrected chi connectivity index (χ0v) is 7.97. The summed E-state index contributed by atoms with van der Waals surface area (Å²) in [4.78, 5) is 15.5. The quantitative estimate of drug-likeness (QED) is 0.529. The number of allylic oxidation sites excluding steroid dienone is 1. The standard InChI is InChI=1S/C9H11NOS/c1-7(2)8(5-11)3-9-4-10-6-12-9/h3-7H,1-2H3/b8-3-. The molecule has 0 spiro atoms. The molecule has 0 atom stereocenters. The Morgan fingerprint density at radius 2 is 2.42 bits per heavy atom. The Morgan fingerprint density at radius 3 is 2.83 bits per heavy atom. The van der Waals surface area contributed by atoms with Gasteiger partial charge in [-0.2, -0.15) is 0 Å². The molecule has 1 heterocycles. The lowest BCUT2D eigenvalue weighted by Gasteiger charge is -2.00. The third kappa shape index (κ3) is 2.27. The molecule has 3 heteroatoms. The Hall–Kier alpha value is -0.960. The number of aromatic nitrogens is 1. The first-order valence-electron chi connectivity index (χ1n) is 3.79. The van der Waals surface area contributed by atoms with Crippen molar-refractivity contribution in [2.45, 2.75) is 13.8 Å². The van der Waals surface area contributed by atoms with Gasteiger partial charge in [0, 0.05) is 11.1 Å². The minimum atomic E-state index is 0.282. The molecule has 0 aromatic carbocycles. The van der Waals surface area contributed by atoms with Gasteiger partial charge in [0.15, 0.2) is 0 Å². The van der Waals surface area contributed by atoms with Crippen molar-refractivity contribution in [3.63, 3.8) is 0 Å². The van der Waals surface area contributed by atoms with Crippen molar-refractivity contribution < 1.29 is 4.79 Å². The average molecular weight is 181 g/mol. The van der Waals surface area contributed by atoms with Gasteiger partial charge in [0.25, 0.3) is 0 Å². The second kappa shape index (κ2) is 4.16. The summed E-state index contributed by atoms with van der Waals surface area (Å²) in [5.41, 5.74) is 2.58. The summed E-state index contributed by atoms with van der Waals surface area (Å²) in [6.45, 7) is 4.00. The molecule has 0 aliphatic heterocycles. The van der Waals surface area contributed by atoms with Gasteiger partial charge >= 0.3 is 0 Å². The molecule has 0 N–H and O–H groups in total. The highest BCUT2D eigenvalue weighted by molar-refractivity contribution is 7.10. The van der Waals surface area contributed by atoms with Gasteiger partial charge in [0.1, 0.15) is 6.29 Å². The number of thiazole rings is 1. The number of aldehydes is 1. The summed E-state index contributed by atoms with van der Waals surface area (Å²) in [5, 5.41) is 0. The van der Waals surface area contributed by atoms with Gasteiger partial charge in [-0.05, 0) is 17.6 Å². The van der Waals surface area contributed by atoms with Gasteiger partial charge in [-0.15, -0.1) is 11.3 Å². The topological polar surface area (TPSA) is 30.0 Å². The molecule has 0 unspecified atom stereocenters. The maximum absolute atomic E-state index is 10.6. The van der Waals surface area contributed by atoms with Crippen molar-refractivity contribution in [2.24, 2.45) is 5.92 Å². The highest BCUT2D eigenvalue weighted by atomic mass is 32.1. The Bertz CT molecular complexity index is 275. The van der Waals surface area contributed by atoms with Crippen LogP contribution in [0.1, 0.15) is 18.7 Å². The summed E-state index contributed by atoms with van der Waals surface area (Å²) in [6.07, 6.45) is 4.55. The van der Waals surface area contributed by atoms with E-state index >= 15 is 0 Å². The summed E-state index contributed by atoms with van der Waals surface area (Å²) in [6, 6.07) is 0. The zero-order chi connectivity index (χ0) is 8.97. The fourth-order valence-corrected chi connectivity index (χ4v) is 1.37. The summed E-state index contributed by atoms with van der Waals surface area (Å²) in [5.74, 6) is 0.282. The summed E-state index contributed by atoms with van der Waals surface area (Å²) in [7, 11) is 0. The predicted molar refractivity (Wildman–Crippen MR) is 51.0 cm³/mol. The fourth-order valence-electron chi connectivity index (χ4n) is 0.798. The Kier molecular flexibility index (Phi) is 3.17. The van der Waals surface area contributed by atoms with Crippen molar-refractivity contribution in [1.29, 1.82) is 0 Å². The van der Waals surface area contributed by atoms with E-state index in [-0.39, 0.29) is 5.92 Å². The molecule has 0 radical (unpaired) electrons. The van der Waals surface area contributed by atoms with E-state index in [0.717, 1.165) is 16.7 Å². The SMILES string of the molecule is CC(C)/C(C=O)=C\c1cncs1. The monoisotopic (exact) mass is 181 g/mol. The molecule has 0 bridgehead atoms. The highest BCUT2D eigenvalue weighted by Crippen LogP contribution is 2.15. The number of rotatable bonds is 3. The highest BCUT2D eigenvalue weighted by Gasteiger charge is 2.01. The van der Waals surface area contributed by atoms with E-state index in [0.29, 0.717) is 0 Å². The maximum atomic E-state index is 10.6. The first-order valence-corrected chi connectivity index (χ1v) is 4.67. The van der Waals surface area contributed by atoms with E-state index in [1.165, 1.54) is 11.3 Å². The number of carbonyl (C=O) groups is 1. The average Bonchev–Trinajstić information content (AvgIpc) is 2.51. The smallest absolute Gasteiger partial charge is 0.146 e. The lowest BCUT2D eigenvalue weighted by molar-refractivity contribution is -0.105. The molecule has 0 aliphatic carbocycles. The second-order valence-corrected chi connectivity index (χ2v) is 3.74. The van der Waals surface area contributed by atoms with Gasteiger partial charge in [-0.3, -0.25) is 9.78 Å². The molecule has 0 aliphatic rings. The van der Waals surface area contributed by atoms with Gasteiger partial charge in [0.2, 0.25) is 0 Å². The number of carbonyl (C=O) groups excluding carboxylic acids is 1. The minimum Gasteiger partial charge on any atom is -0.298 e. The molecule has 2 nitrogen and oxygen atoms in total. The van der Waals surface area contributed by atoms with Crippen LogP contribution in [0.3, 0.4) is 0 Å². The molecular formula is C9H11NOS. The maximum Gasteiger partial charge on any atom is 0.146 e. The second-order valence-electron chi connectivity index (χ2n) is 2.82. The molecule has 12 heavy (non-hydrogen) atoms. The molecule has 1 rings (SSSR count). The molecule has 1 aromatic rings. The molecule has 0 saturated heterocycles.